The molecule has 0 radical (unpaired) electrons. The fourth-order valence-electron chi connectivity index (χ4n) is 2.06. The van der Waals surface area contributed by atoms with Crippen molar-refractivity contribution >= 4 is 23.4 Å². The van der Waals surface area contributed by atoms with Gasteiger partial charge in [0.05, 0.1) is 5.75 Å². The van der Waals surface area contributed by atoms with Crippen LogP contribution in [-0.4, -0.2) is 11.7 Å². The summed E-state index contributed by atoms with van der Waals surface area (Å²) < 4.78 is 12.8. The van der Waals surface area contributed by atoms with Crippen LogP contribution in [0.15, 0.2) is 47.4 Å². The van der Waals surface area contributed by atoms with E-state index in [4.69, 9.17) is 0 Å². The molecule has 110 valence electrons. The molecule has 0 saturated carbocycles. The van der Waals surface area contributed by atoms with Crippen molar-refractivity contribution in [1.29, 1.82) is 0 Å². The van der Waals surface area contributed by atoms with E-state index >= 15 is 0 Å². The predicted molar refractivity (Wildman–Crippen MR) is 86.3 cm³/mol. The van der Waals surface area contributed by atoms with Crippen LogP contribution in [0.5, 0.6) is 0 Å². The molecule has 0 aromatic heterocycles. The van der Waals surface area contributed by atoms with Gasteiger partial charge in [-0.05, 0) is 48.7 Å². The van der Waals surface area contributed by atoms with E-state index < -0.39 is 0 Å². The first-order valence-corrected chi connectivity index (χ1v) is 7.85. The van der Waals surface area contributed by atoms with Crippen molar-refractivity contribution in [2.45, 2.75) is 25.2 Å². The minimum atomic E-state index is -0.267. The Labute approximate surface area is 128 Å². The number of hydrogen-bond donors (Lipinski definition) is 1. The average molecular weight is 303 g/mol. The summed E-state index contributed by atoms with van der Waals surface area (Å²) in [6.45, 7) is 4.06. The fourth-order valence-corrected chi connectivity index (χ4v) is 2.76. The zero-order valence-corrected chi connectivity index (χ0v) is 13.0. The van der Waals surface area contributed by atoms with Crippen LogP contribution in [0.3, 0.4) is 0 Å². The van der Waals surface area contributed by atoms with E-state index in [1.165, 1.54) is 23.9 Å². The van der Waals surface area contributed by atoms with Crippen molar-refractivity contribution in [3.8, 4) is 0 Å². The quantitative estimate of drug-likeness (QED) is 0.828. The van der Waals surface area contributed by atoms with Gasteiger partial charge in [0.1, 0.15) is 5.82 Å². The summed E-state index contributed by atoms with van der Waals surface area (Å²) in [6, 6.07) is 12.2. The van der Waals surface area contributed by atoms with E-state index in [2.05, 4.69) is 12.2 Å². The van der Waals surface area contributed by atoms with Gasteiger partial charge in [-0.15, -0.1) is 11.8 Å². The van der Waals surface area contributed by atoms with Crippen LogP contribution < -0.4 is 5.32 Å². The number of halogens is 1. The Morgan fingerprint density at radius 3 is 2.57 bits per heavy atom. The minimum absolute atomic E-state index is 0.0478. The van der Waals surface area contributed by atoms with E-state index in [1.54, 1.807) is 12.1 Å². The SMILES string of the molecule is CCc1cccc(C)c1NC(=O)CSc1ccc(F)cc1. The Morgan fingerprint density at radius 1 is 1.19 bits per heavy atom. The molecule has 21 heavy (non-hydrogen) atoms. The molecular formula is C17H18FNOS. The average Bonchev–Trinajstić information content (AvgIpc) is 2.49. The number of benzene rings is 2. The van der Waals surface area contributed by atoms with Crippen LogP contribution in [0.25, 0.3) is 0 Å². The highest BCUT2D eigenvalue weighted by Crippen LogP contribution is 2.22. The van der Waals surface area contributed by atoms with Crippen molar-refractivity contribution in [3.05, 3.63) is 59.4 Å². The van der Waals surface area contributed by atoms with Gasteiger partial charge in [-0.25, -0.2) is 4.39 Å². The van der Waals surface area contributed by atoms with Gasteiger partial charge >= 0.3 is 0 Å². The second-order valence-electron chi connectivity index (χ2n) is 4.75. The second kappa shape index (κ2) is 7.27. The highest BCUT2D eigenvalue weighted by atomic mass is 32.2. The molecule has 0 spiro atoms. The number of rotatable bonds is 5. The van der Waals surface area contributed by atoms with E-state index in [1.807, 2.05) is 25.1 Å². The lowest BCUT2D eigenvalue weighted by molar-refractivity contribution is -0.113. The molecule has 0 bridgehead atoms. The number of para-hydroxylation sites is 1. The Kier molecular flexibility index (Phi) is 5.39. The number of hydrogen-bond acceptors (Lipinski definition) is 2. The summed E-state index contributed by atoms with van der Waals surface area (Å²) in [5, 5.41) is 2.98. The lowest BCUT2D eigenvalue weighted by atomic mass is 10.1. The summed E-state index contributed by atoms with van der Waals surface area (Å²) in [7, 11) is 0. The number of thioether (sulfide) groups is 1. The Balaban J connectivity index is 1.97. The molecule has 2 aromatic carbocycles. The van der Waals surface area contributed by atoms with Crippen molar-refractivity contribution < 1.29 is 9.18 Å². The molecule has 0 unspecified atom stereocenters. The highest BCUT2D eigenvalue weighted by Gasteiger charge is 2.09. The molecule has 2 aromatic rings. The molecular weight excluding hydrogens is 285 g/mol. The first-order valence-electron chi connectivity index (χ1n) is 6.87. The Bertz CT molecular complexity index is 625. The van der Waals surface area contributed by atoms with E-state index in [9.17, 15) is 9.18 Å². The molecule has 0 fully saturated rings. The maximum atomic E-state index is 12.8. The Morgan fingerprint density at radius 2 is 1.90 bits per heavy atom. The standard InChI is InChI=1S/C17H18FNOS/c1-3-13-6-4-5-12(2)17(13)19-16(20)11-21-15-9-7-14(18)8-10-15/h4-10H,3,11H2,1-2H3,(H,19,20). The van der Waals surface area contributed by atoms with Crippen LogP contribution in [0.2, 0.25) is 0 Å². The van der Waals surface area contributed by atoms with Gasteiger partial charge in [-0.1, -0.05) is 25.1 Å². The van der Waals surface area contributed by atoms with Gasteiger partial charge < -0.3 is 5.32 Å². The Hall–Kier alpha value is -1.81. The summed E-state index contributed by atoms with van der Waals surface area (Å²) >= 11 is 1.40. The summed E-state index contributed by atoms with van der Waals surface area (Å²) in [5.74, 6) is -0.00651. The van der Waals surface area contributed by atoms with E-state index in [-0.39, 0.29) is 11.7 Å². The van der Waals surface area contributed by atoms with Crippen LogP contribution >= 0.6 is 11.8 Å². The molecule has 0 aliphatic carbocycles. The normalized spacial score (nSPS) is 10.4. The minimum Gasteiger partial charge on any atom is -0.325 e. The highest BCUT2D eigenvalue weighted by molar-refractivity contribution is 8.00. The maximum absolute atomic E-state index is 12.8. The van der Waals surface area contributed by atoms with Crippen LogP contribution in [-0.2, 0) is 11.2 Å². The molecule has 0 aliphatic rings. The van der Waals surface area contributed by atoms with Gasteiger partial charge in [0, 0.05) is 10.6 Å². The number of nitrogens with one attached hydrogen (secondary N) is 1. The fraction of sp³-hybridized carbons (Fsp3) is 0.235. The maximum Gasteiger partial charge on any atom is 0.234 e. The smallest absolute Gasteiger partial charge is 0.234 e. The third-order valence-corrected chi connectivity index (χ3v) is 4.20. The molecule has 0 saturated heterocycles. The predicted octanol–water partition coefficient (Wildman–Crippen LogP) is 4.43. The zero-order chi connectivity index (χ0) is 15.2. The second-order valence-corrected chi connectivity index (χ2v) is 5.80. The van der Waals surface area contributed by atoms with Crippen molar-refractivity contribution in [1.82, 2.24) is 0 Å². The molecule has 1 amide bonds. The summed E-state index contributed by atoms with van der Waals surface area (Å²) in [4.78, 5) is 12.9. The van der Waals surface area contributed by atoms with Crippen molar-refractivity contribution in [2.75, 3.05) is 11.1 Å². The van der Waals surface area contributed by atoms with Gasteiger partial charge in [0.25, 0.3) is 0 Å². The lowest BCUT2D eigenvalue weighted by Gasteiger charge is -2.12. The van der Waals surface area contributed by atoms with Gasteiger partial charge in [0.2, 0.25) is 5.91 Å². The van der Waals surface area contributed by atoms with Crippen molar-refractivity contribution in [2.24, 2.45) is 0 Å². The number of carbonyl (C=O) groups excluding carboxylic acids is 1. The number of amides is 1. The molecule has 1 N–H and O–H groups in total. The zero-order valence-electron chi connectivity index (χ0n) is 12.2. The number of aryl methyl sites for hydroxylation is 2. The molecule has 0 atom stereocenters. The number of anilines is 1. The molecule has 2 nitrogen and oxygen atoms in total. The van der Waals surface area contributed by atoms with Crippen molar-refractivity contribution in [3.63, 3.8) is 0 Å². The lowest BCUT2D eigenvalue weighted by Crippen LogP contribution is -2.16. The first kappa shape index (κ1) is 15.6. The van der Waals surface area contributed by atoms with Gasteiger partial charge in [0.15, 0.2) is 0 Å². The number of carbonyl (C=O) groups is 1. The van der Waals surface area contributed by atoms with Crippen LogP contribution in [0, 0.1) is 12.7 Å². The summed E-state index contributed by atoms with van der Waals surface area (Å²) in [6.07, 6.45) is 0.877. The third-order valence-electron chi connectivity index (χ3n) is 3.19. The monoisotopic (exact) mass is 303 g/mol. The topological polar surface area (TPSA) is 29.1 Å². The van der Waals surface area contributed by atoms with Gasteiger partial charge in [-0.2, -0.15) is 0 Å². The first-order chi connectivity index (χ1) is 10.1. The van der Waals surface area contributed by atoms with Gasteiger partial charge in [-0.3, -0.25) is 4.79 Å². The van der Waals surface area contributed by atoms with E-state index in [0.29, 0.717) is 5.75 Å². The molecule has 0 heterocycles. The molecule has 2 rings (SSSR count). The largest absolute Gasteiger partial charge is 0.325 e. The molecule has 0 aliphatic heterocycles. The van der Waals surface area contributed by atoms with Crippen LogP contribution in [0.1, 0.15) is 18.1 Å². The van der Waals surface area contributed by atoms with Crippen LogP contribution in [0.4, 0.5) is 10.1 Å². The molecule has 4 heteroatoms. The third kappa shape index (κ3) is 4.33. The van der Waals surface area contributed by atoms with E-state index in [0.717, 1.165) is 28.1 Å². The summed E-state index contributed by atoms with van der Waals surface area (Å²) in [5.41, 5.74) is 3.11.